The number of nitrogens with zero attached hydrogens (tertiary/aromatic N) is 1. The van der Waals surface area contributed by atoms with Crippen molar-refractivity contribution in [2.75, 3.05) is 0 Å². The van der Waals surface area contributed by atoms with Crippen LogP contribution in [-0.4, -0.2) is 10.1 Å². The highest BCUT2D eigenvalue weighted by Gasteiger charge is 2.21. The molecule has 0 spiro atoms. The SMILES string of the molecule is Cc1cc(-c2ccccc2)nc2c1CCCC2O. The summed E-state index contributed by atoms with van der Waals surface area (Å²) in [7, 11) is 0. The Kier molecular flexibility index (Phi) is 2.88. The van der Waals surface area contributed by atoms with Crippen molar-refractivity contribution in [1.29, 1.82) is 0 Å². The molecule has 0 saturated heterocycles. The molecule has 1 aliphatic carbocycles. The van der Waals surface area contributed by atoms with Gasteiger partial charge in [-0.15, -0.1) is 0 Å². The molecular formula is C16H17NO. The quantitative estimate of drug-likeness (QED) is 0.827. The van der Waals surface area contributed by atoms with Crippen molar-refractivity contribution in [3.05, 3.63) is 53.2 Å². The van der Waals surface area contributed by atoms with Crippen molar-refractivity contribution in [1.82, 2.24) is 4.98 Å². The smallest absolute Gasteiger partial charge is 0.0963 e. The van der Waals surface area contributed by atoms with E-state index < -0.39 is 6.10 Å². The van der Waals surface area contributed by atoms with Crippen molar-refractivity contribution < 1.29 is 5.11 Å². The normalized spacial score (nSPS) is 18.4. The molecule has 0 amide bonds. The maximum atomic E-state index is 10.1. The van der Waals surface area contributed by atoms with Crippen molar-refractivity contribution in [2.24, 2.45) is 0 Å². The van der Waals surface area contributed by atoms with Gasteiger partial charge in [-0.1, -0.05) is 30.3 Å². The minimum absolute atomic E-state index is 0.392. The molecule has 1 aromatic carbocycles. The monoisotopic (exact) mass is 239 g/mol. The van der Waals surface area contributed by atoms with Crippen LogP contribution in [0.1, 0.15) is 35.8 Å². The second-order valence-corrected chi connectivity index (χ2v) is 4.96. The Bertz CT molecular complexity index is 563. The Morgan fingerprint density at radius 1 is 1.22 bits per heavy atom. The van der Waals surface area contributed by atoms with Crippen LogP contribution in [-0.2, 0) is 6.42 Å². The average molecular weight is 239 g/mol. The molecule has 1 unspecified atom stereocenters. The fraction of sp³-hybridized carbons (Fsp3) is 0.312. The third-order valence-corrected chi connectivity index (χ3v) is 3.67. The van der Waals surface area contributed by atoms with Crippen LogP contribution in [0, 0.1) is 6.92 Å². The first-order chi connectivity index (χ1) is 8.75. The lowest BCUT2D eigenvalue weighted by Crippen LogP contribution is -2.13. The summed E-state index contributed by atoms with van der Waals surface area (Å²) in [6, 6.07) is 12.3. The molecule has 1 aliphatic rings. The first-order valence-corrected chi connectivity index (χ1v) is 6.49. The molecule has 1 heterocycles. The zero-order valence-electron chi connectivity index (χ0n) is 10.6. The van der Waals surface area contributed by atoms with Crippen LogP contribution >= 0.6 is 0 Å². The molecule has 2 aromatic rings. The number of hydrogen-bond acceptors (Lipinski definition) is 2. The predicted octanol–water partition coefficient (Wildman–Crippen LogP) is 3.43. The summed E-state index contributed by atoms with van der Waals surface area (Å²) in [5, 5.41) is 10.1. The Hall–Kier alpha value is -1.67. The number of hydrogen-bond donors (Lipinski definition) is 1. The summed E-state index contributed by atoms with van der Waals surface area (Å²) in [4.78, 5) is 4.68. The Morgan fingerprint density at radius 2 is 2.00 bits per heavy atom. The zero-order valence-corrected chi connectivity index (χ0v) is 10.6. The van der Waals surface area contributed by atoms with E-state index in [9.17, 15) is 5.11 Å². The molecule has 92 valence electrons. The molecule has 1 N–H and O–H groups in total. The summed E-state index contributed by atoms with van der Waals surface area (Å²) in [5.41, 5.74) is 5.46. The van der Waals surface area contributed by atoms with Gasteiger partial charge in [0.2, 0.25) is 0 Å². The lowest BCUT2D eigenvalue weighted by Gasteiger charge is -2.23. The van der Waals surface area contributed by atoms with E-state index in [1.807, 2.05) is 18.2 Å². The van der Waals surface area contributed by atoms with Crippen LogP contribution in [0.15, 0.2) is 36.4 Å². The molecule has 2 nitrogen and oxygen atoms in total. The van der Waals surface area contributed by atoms with Crippen molar-refractivity contribution in [3.8, 4) is 11.3 Å². The van der Waals surface area contributed by atoms with Gasteiger partial charge < -0.3 is 5.11 Å². The largest absolute Gasteiger partial charge is 0.387 e. The number of aliphatic hydroxyl groups is 1. The van der Waals surface area contributed by atoms with Gasteiger partial charge in [0.1, 0.15) is 0 Å². The Morgan fingerprint density at radius 3 is 2.78 bits per heavy atom. The highest BCUT2D eigenvalue weighted by Crippen LogP contribution is 2.32. The molecule has 0 saturated carbocycles. The molecule has 0 bridgehead atoms. The summed E-state index contributed by atoms with van der Waals surface area (Å²) < 4.78 is 0. The van der Waals surface area contributed by atoms with Crippen LogP contribution in [0.5, 0.6) is 0 Å². The van der Waals surface area contributed by atoms with Crippen LogP contribution in [0.4, 0.5) is 0 Å². The number of aryl methyl sites for hydroxylation is 1. The fourth-order valence-electron chi connectivity index (χ4n) is 2.69. The number of aliphatic hydroxyl groups excluding tert-OH is 1. The first-order valence-electron chi connectivity index (χ1n) is 6.49. The average Bonchev–Trinajstić information content (AvgIpc) is 2.41. The van der Waals surface area contributed by atoms with E-state index >= 15 is 0 Å². The van der Waals surface area contributed by atoms with Crippen LogP contribution in [0.25, 0.3) is 11.3 Å². The van der Waals surface area contributed by atoms with Gasteiger partial charge in [0.25, 0.3) is 0 Å². The van der Waals surface area contributed by atoms with Gasteiger partial charge in [0, 0.05) is 5.56 Å². The number of rotatable bonds is 1. The number of fused-ring (bicyclic) bond motifs is 1. The van der Waals surface area contributed by atoms with Crippen molar-refractivity contribution >= 4 is 0 Å². The van der Waals surface area contributed by atoms with Gasteiger partial charge in [-0.25, -0.2) is 4.98 Å². The summed E-state index contributed by atoms with van der Waals surface area (Å²) in [6.45, 7) is 2.12. The minimum Gasteiger partial charge on any atom is -0.387 e. The molecular weight excluding hydrogens is 222 g/mol. The molecule has 0 aliphatic heterocycles. The van der Waals surface area contributed by atoms with Gasteiger partial charge in [-0.3, -0.25) is 0 Å². The van der Waals surface area contributed by atoms with E-state index in [4.69, 9.17) is 0 Å². The van der Waals surface area contributed by atoms with Crippen molar-refractivity contribution in [3.63, 3.8) is 0 Å². The summed E-state index contributed by atoms with van der Waals surface area (Å²) in [6.07, 6.45) is 2.54. The highest BCUT2D eigenvalue weighted by molar-refractivity contribution is 5.61. The van der Waals surface area contributed by atoms with Gasteiger partial charge >= 0.3 is 0 Å². The van der Waals surface area contributed by atoms with Crippen LogP contribution in [0.2, 0.25) is 0 Å². The van der Waals surface area contributed by atoms with E-state index in [2.05, 4.69) is 30.1 Å². The maximum absolute atomic E-state index is 10.1. The van der Waals surface area contributed by atoms with Crippen LogP contribution < -0.4 is 0 Å². The maximum Gasteiger partial charge on any atom is 0.0963 e. The number of pyridine rings is 1. The van der Waals surface area contributed by atoms with E-state index in [0.29, 0.717) is 0 Å². The number of benzene rings is 1. The molecule has 18 heavy (non-hydrogen) atoms. The van der Waals surface area contributed by atoms with E-state index in [0.717, 1.165) is 36.2 Å². The molecule has 1 aromatic heterocycles. The third-order valence-electron chi connectivity index (χ3n) is 3.67. The molecule has 3 rings (SSSR count). The van der Waals surface area contributed by atoms with Crippen LogP contribution in [0.3, 0.4) is 0 Å². The third kappa shape index (κ3) is 1.93. The van der Waals surface area contributed by atoms with Crippen molar-refractivity contribution in [2.45, 2.75) is 32.3 Å². The lowest BCUT2D eigenvalue weighted by molar-refractivity contribution is 0.151. The van der Waals surface area contributed by atoms with Gasteiger partial charge in [-0.2, -0.15) is 0 Å². The molecule has 0 fully saturated rings. The number of aromatic nitrogens is 1. The van der Waals surface area contributed by atoms with E-state index in [1.165, 1.54) is 11.1 Å². The van der Waals surface area contributed by atoms with E-state index in [1.54, 1.807) is 0 Å². The molecule has 1 atom stereocenters. The standard InChI is InChI=1S/C16H17NO/c1-11-10-14(12-6-3-2-4-7-12)17-16-13(11)8-5-9-15(16)18/h2-4,6-7,10,15,18H,5,8-9H2,1H3. The second kappa shape index (κ2) is 4.54. The van der Waals surface area contributed by atoms with E-state index in [-0.39, 0.29) is 0 Å². The minimum atomic E-state index is -0.392. The lowest BCUT2D eigenvalue weighted by atomic mass is 9.90. The predicted molar refractivity (Wildman–Crippen MR) is 72.3 cm³/mol. The highest BCUT2D eigenvalue weighted by atomic mass is 16.3. The summed E-state index contributed by atoms with van der Waals surface area (Å²) in [5.74, 6) is 0. The van der Waals surface area contributed by atoms with Gasteiger partial charge in [0.05, 0.1) is 17.5 Å². The van der Waals surface area contributed by atoms with Gasteiger partial charge in [0.15, 0.2) is 0 Å². The topological polar surface area (TPSA) is 33.1 Å². The Labute approximate surface area is 107 Å². The second-order valence-electron chi connectivity index (χ2n) is 4.96. The van der Waals surface area contributed by atoms with Gasteiger partial charge in [-0.05, 0) is 43.4 Å². The fourth-order valence-corrected chi connectivity index (χ4v) is 2.69. The first kappa shape index (κ1) is 11.4. The summed E-state index contributed by atoms with van der Waals surface area (Å²) >= 11 is 0. The Balaban J connectivity index is 2.14. The molecule has 2 heteroatoms. The zero-order chi connectivity index (χ0) is 12.5. The molecule has 0 radical (unpaired) electrons.